The summed E-state index contributed by atoms with van der Waals surface area (Å²) in [6.45, 7) is 7.01. The summed E-state index contributed by atoms with van der Waals surface area (Å²) < 4.78 is 6.44. The molecule has 0 fully saturated rings. The molecular formula is C13H18BrClO. The molecule has 1 aromatic rings. The van der Waals surface area contributed by atoms with Crippen LogP contribution in [-0.4, -0.2) is 6.61 Å². The van der Waals surface area contributed by atoms with Crippen LogP contribution >= 0.6 is 27.5 Å². The standard InChI is InChI=1S/C13H18BrClO/c1-4-16-13-6-5-10(8-11(13)14)12(15)7-9(2)3/h5-6,8-9,12H,4,7H2,1-3H3. The lowest BCUT2D eigenvalue weighted by Crippen LogP contribution is -1.98. The smallest absolute Gasteiger partial charge is 0.133 e. The van der Waals surface area contributed by atoms with Gasteiger partial charge in [0.2, 0.25) is 0 Å². The fraction of sp³-hybridized carbons (Fsp3) is 0.538. The lowest BCUT2D eigenvalue weighted by molar-refractivity contribution is 0.338. The molecule has 0 bridgehead atoms. The van der Waals surface area contributed by atoms with E-state index < -0.39 is 0 Å². The lowest BCUT2D eigenvalue weighted by Gasteiger charge is -2.14. The molecule has 1 atom stereocenters. The monoisotopic (exact) mass is 304 g/mol. The van der Waals surface area contributed by atoms with Crippen molar-refractivity contribution >= 4 is 27.5 Å². The Labute approximate surface area is 111 Å². The first kappa shape index (κ1) is 13.9. The van der Waals surface area contributed by atoms with Crippen LogP contribution < -0.4 is 4.74 Å². The van der Waals surface area contributed by atoms with E-state index >= 15 is 0 Å². The maximum Gasteiger partial charge on any atom is 0.133 e. The third-order valence-corrected chi connectivity index (χ3v) is 3.35. The summed E-state index contributed by atoms with van der Waals surface area (Å²) in [6, 6.07) is 6.06. The van der Waals surface area contributed by atoms with E-state index in [1.807, 2.05) is 25.1 Å². The van der Waals surface area contributed by atoms with Crippen LogP contribution in [0.3, 0.4) is 0 Å². The van der Waals surface area contributed by atoms with Crippen LogP contribution in [0, 0.1) is 5.92 Å². The minimum absolute atomic E-state index is 0.0759. The highest BCUT2D eigenvalue weighted by Gasteiger charge is 2.12. The van der Waals surface area contributed by atoms with E-state index in [2.05, 4.69) is 29.8 Å². The molecule has 3 heteroatoms. The van der Waals surface area contributed by atoms with E-state index in [0.29, 0.717) is 12.5 Å². The van der Waals surface area contributed by atoms with Gasteiger partial charge < -0.3 is 4.74 Å². The maximum absolute atomic E-state index is 6.34. The summed E-state index contributed by atoms with van der Waals surface area (Å²) in [5.74, 6) is 1.48. The third kappa shape index (κ3) is 3.99. The van der Waals surface area contributed by atoms with Crippen molar-refractivity contribution in [1.82, 2.24) is 0 Å². The van der Waals surface area contributed by atoms with Gasteiger partial charge in [0.15, 0.2) is 0 Å². The predicted octanol–water partition coefficient (Wildman–Crippen LogP) is 5.17. The van der Waals surface area contributed by atoms with Crippen molar-refractivity contribution in [3.63, 3.8) is 0 Å². The summed E-state index contributed by atoms with van der Waals surface area (Å²) in [7, 11) is 0. The number of ether oxygens (including phenoxy) is 1. The molecule has 0 spiro atoms. The van der Waals surface area contributed by atoms with Crippen molar-refractivity contribution in [1.29, 1.82) is 0 Å². The van der Waals surface area contributed by atoms with Gasteiger partial charge in [-0.3, -0.25) is 0 Å². The second-order valence-corrected chi connectivity index (χ2v) is 5.60. The first-order chi connectivity index (χ1) is 7.54. The second-order valence-electron chi connectivity index (χ2n) is 4.22. The van der Waals surface area contributed by atoms with Crippen molar-refractivity contribution < 1.29 is 4.74 Å². The Balaban J connectivity index is 2.79. The highest BCUT2D eigenvalue weighted by atomic mass is 79.9. The quantitative estimate of drug-likeness (QED) is 0.682. The second kappa shape index (κ2) is 6.51. The molecule has 0 aliphatic carbocycles. The highest BCUT2D eigenvalue weighted by molar-refractivity contribution is 9.10. The third-order valence-electron chi connectivity index (χ3n) is 2.30. The Morgan fingerprint density at radius 3 is 2.56 bits per heavy atom. The zero-order chi connectivity index (χ0) is 12.1. The number of halogens is 2. The van der Waals surface area contributed by atoms with Crippen molar-refractivity contribution in [2.75, 3.05) is 6.61 Å². The highest BCUT2D eigenvalue weighted by Crippen LogP contribution is 2.33. The van der Waals surface area contributed by atoms with Crippen LogP contribution in [-0.2, 0) is 0 Å². The molecule has 0 heterocycles. The number of hydrogen-bond donors (Lipinski definition) is 0. The summed E-state index contributed by atoms with van der Waals surface area (Å²) in [4.78, 5) is 0. The fourth-order valence-corrected chi connectivity index (χ4v) is 2.54. The molecule has 1 aromatic carbocycles. The van der Waals surface area contributed by atoms with Gasteiger partial charge in [-0.05, 0) is 52.9 Å². The number of hydrogen-bond acceptors (Lipinski definition) is 1. The van der Waals surface area contributed by atoms with Crippen LogP contribution in [0.1, 0.15) is 38.1 Å². The van der Waals surface area contributed by atoms with Crippen LogP contribution in [0.5, 0.6) is 5.75 Å². The van der Waals surface area contributed by atoms with Crippen LogP contribution in [0.25, 0.3) is 0 Å². The minimum Gasteiger partial charge on any atom is -0.493 e. The number of alkyl halides is 1. The molecule has 0 N–H and O–H groups in total. The zero-order valence-corrected chi connectivity index (χ0v) is 12.3. The van der Waals surface area contributed by atoms with Crippen molar-refractivity contribution in [2.24, 2.45) is 5.92 Å². The van der Waals surface area contributed by atoms with Gasteiger partial charge in [-0.1, -0.05) is 19.9 Å². The van der Waals surface area contributed by atoms with Gasteiger partial charge in [-0.2, -0.15) is 0 Å². The molecule has 0 aliphatic heterocycles. The van der Waals surface area contributed by atoms with Crippen LogP contribution in [0.2, 0.25) is 0 Å². The van der Waals surface area contributed by atoms with Gasteiger partial charge in [0.25, 0.3) is 0 Å². The van der Waals surface area contributed by atoms with Crippen molar-refractivity contribution in [3.8, 4) is 5.75 Å². The molecule has 16 heavy (non-hydrogen) atoms. The van der Waals surface area contributed by atoms with Gasteiger partial charge in [-0.25, -0.2) is 0 Å². The minimum atomic E-state index is 0.0759. The number of benzene rings is 1. The fourth-order valence-electron chi connectivity index (χ4n) is 1.53. The van der Waals surface area contributed by atoms with E-state index in [4.69, 9.17) is 16.3 Å². The molecule has 1 rings (SSSR count). The molecule has 0 saturated carbocycles. The maximum atomic E-state index is 6.34. The normalized spacial score (nSPS) is 12.9. The average Bonchev–Trinajstić information content (AvgIpc) is 2.20. The first-order valence-electron chi connectivity index (χ1n) is 5.61. The Hall–Kier alpha value is -0.210. The summed E-state index contributed by atoms with van der Waals surface area (Å²) >= 11 is 9.84. The van der Waals surface area contributed by atoms with E-state index in [9.17, 15) is 0 Å². The van der Waals surface area contributed by atoms with E-state index in [1.165, 1.54) is 0 Å². The predicted molar refractivity (Wildman–Crippen MR) is 73.4 cm³/mol. The van der Waals surface area contributed by atoms with Gasteiger partial charge in [0.1, 0.15) is 5.75 Å². The Morgan fingerprint density at radius 1 is 1.38 bits per heavy atom. The van der Waals surface area contributed by atoms with Gasteiger partial charge in [0.05, 0.1) is 16.5 Å². The van der Waals surface area contributed by atoms with Gasteiger partial charge in [0, 0.05) is 0 Å². The Bertz CT molecular complexity index is 339. The molecule has 1 unspecified atom stereocenters. The molecule has 0 aromatic heterocycles. The summed E-state index contributed by atoms with van der Waals surface area (Å²) in [5, 5.41) is 0.0759. The average molecular weight is 306 g/mol. The van der Waals surface area contributed by atoms with Gasteiger partial charge >= 0.3 is 0 Å². The zero-order valence-electron chi connectivity index (χ0n) is 9.97. The molecule has 0 radical (unpaired) electrons. The molecule has 0 aliphatic rings. The molecule has 90 valence electrons. The molecule has 0 amide bonds. The van der Waals surface area contributed by atoms with Crippen LogP contribution in [0.4, 0.5) is 0 Å². The van der Waals surface area contributed by atoms with E-state index in [0.717, 1.165) is 22.2 Å². The van der Waals surface area contributed by atoms with Crippen molar-refractivity contribution in [3.05, 3.63) is 28.2 Å². The van der Waals surface area contributed by atoms with E-state index in [-0.39, 0.29) is 5.38 Å². The number of rotatable bonds is 5. The van der Waals surface area contributed by atoms with Gasteiger partial charge in [-0.15, -0.1) is 11.6 Å². The Morgan fingerprint density at radius 2 is 2.06 bits per heavy atom. The largest absolute Gasteiger partial charge is 0.493 e. The SMILES string of the molecule is CCOc1ccc(C(Cl)CC(C)C)cc1Br. The Kier molecular flexibility index (Phi) is 5.63. The topological polar surface area (TPSA) is 9.23 Å². The van der Waals surface area contributed by atoms with Crippen molar-refractivity contribution in [2.45, 2.75) is 32.6 Å². The lowest BCUT2D eigenvalue weighted by atomic mass is 10.0. The van der Waals surface area contributed by atoms with E-state index in [1.54, 1.807) is 0 Å². The molecular weight excluding hydrogens is 287 g/mol. The summed E-state index contributed by atoms with van der Waals surface area (Å²) in [5.41, 5.74) is 1.14. The molecule has 1 nitrogen and oxygen atoms in total. The first-order valence-corrected chi connectivity index (χ1v) is 6.83. The summed E-state index contributed by atoms with van der Waals surface area (Å²) in [6.07, 6.45) is 0.988. The molecule has 0 saturated heterocycles. The van der Waals surface area contributed by atoms with Crippen LogP contribution in [0.15, 0.2) is 22.7 Å².